The Hall–Kier alpha value is -1.30. The molecule has 1 amide bonds. The molecule has 0 bridgehead atoms. The molecule has 1 unspecified atom stereocenters. The first-order valence-electron chi connectivity index (χ1n) is 6.53. The summed E-state index contributed by atoms with van der Waals surface area (Å²) >= 11 is 0. The molecule has 0 aromatic heterocycles. The van der Waals surface area contributed by atoms with Crippen LogP contribution in [0.15, 0.2) is 24.3 Å². The number of carbonyl (C=O) groups excluding carboxylic acids is 1. The Balaban J connectivity index is 0.00000200. The normalized spacial score (nSPS) is 17.4. The number of nitrogens with one attached hydrogen (secondary N) is 2. The number of amides is 1. The maximum absolute atomic E-state index is 11.9. The Labute approximate surface area is 125 Å². The standard InChI is InChI=1S/C14H20N2O3.ClH/c1-18-8-9-19-13-4-2-12(3-5-13)16-14(17)11-6-7-15-10-11;/h2-5,11,15H,6-10H2,1H3,(H,16,17);1H. The molecule has 1 saturated heterocycles. The van der Waals surface area contributed by atoms with Gasteiger partial charge in [0, 0.05) is 19.3 Å². The topological polar surface area (TPSA) is 59.6 Å². The lowest BCUT2D eigenvalue weighted by Gasteiger charge is -2.10. The van der Waals surface area contributed by atoms with Crippen LogP contribution < -0.4 is 15.4 Å². The van der Waals surface area contributed by atoms with Crippen molar-refractivity contribution in [1.82, 2.24) is 5.32 Å². The number of halogens is 1. The van der Waals surface area contributed by atoms with Gasteiger partial charge in [-0.2, -0.15) is 0 Å². The fourth-order valence-corrected chi connectivity index (χ4v) is 2.00. The van der Waals surface area contributed by atoms with Gasteiger partial charge < -0.3 is 20.1 Å². The van der Waals surface area contributed by atoms with Gasteiger partial charge in [-0.1, -0.05) is 0 Å². The molecular weight excluding hydrogens is 280 g/mol. The highest BCUT2D eigenvalue weighted by atomic mass is 35.5. The second-order valence-corrected chi connectivity index (χ2v) is 4.54. The van der Waals surface area contributed by atoms with Crippen LogP contribution in [0.5, 0.6) is 5.75 Å². The summed E-state index contributed by atoms with van der Waals surface area (Å²) in [6.07, 6.45) is 0.907. The molecular formula is C14H21ClN2O3. The predicted molar refractivity (Wildman–Crippen MR) is 80.7 cm³/mol. The molecule has 6 heteroatoms. The Kier molecular flexibility index (Phi) is 7.36. The molecule has 1 heterocycles. The zero-order valence-corrected chi connectivity index (χ0v) is 12.4. The fraction of sp³-hybridized carbons (Fsp3) is 0.500. The van der Waals surface area contributed by atoms with Gasteiger partial charge in [-0.3, -0.25) is 4.79 Å². The van der Waals surface area contributed by atoms with Crippen molar-refractivity contribution < 1.29 is 14.3 Å². The number of hydrogen-bond donors (Lipinski definition) is 2. The third-order valence-electron chi connectivity index (χ3n) is 3.11. The van der Waals surface area contributed by atoms with Crippen molar-refractivity contribution in [3.63, 3.8) is 0 Å². The maximum Gasteiger partial charge on any atom is 0.228 e. The largest absolute Gasteiger partial charge is 0.491 e. The number of ether oxygens (including phenoxy) is 2. The first-order chi connectivity index (χ1) is 9.29. The van der Waals surface area contributed by atoms with Crippen molar-refractivity contribution in [2.24, 2.45) is 5.92 Å². The van der Waals surface area contributed by atoms with Gasteiger partial charge in [-0.05, 0) is 37.2 Å². The summed E-state index contributed by atoms with van der Waals surface area (Å²) < 4.78 is 10.4. The monoisotopic (exact) mass is 300 g/mol. The third kappa shape index (κ3) is 5.00. The molecule has 1 aliphatic heterocycles. The Morgan fingerprint density at radius 2 is 2.10 bits per heavy atom. The molecule has 5 nitrogen and oxygen atoms in total. The zero-order valence-electron chi connectivity index (χ0n) is 11.6. The van der Waals surface area contributed by atoms with Crippen LogP contribution in [-0.2, 0) is 9.53 Å². The highest BCUT2D eigenvalue weighted by molar-refractivity contribution is 5.92. The van der Waals surface area contributed by atoms with Crippen LogP contribution in [0.1, 0.15) is 6.42 Å². The second-order valence-electron chi connectivity index (χ2n) is 4.54. The smallest absolute Gasteiger partial charge is 0.228 e. The van der Waals surface area contributed by atoms with Crippen molar-refractivity contribution >= 4 is 24.0 Å². The number of hydrogen-bond acceptors (Lipinski definition) is 4. The Morgan fingerprint density at radius 3 is 2.70 bits per heavy atom. The van der Waals surface area contributed by atoms with E-state index in [1.54, 1.807) is 7.11 Å². The summed E-state index contributed by atoms with van der Waals surface area (Å²) in [5.74, 6) is 0.938. The summed E-state index contributed by atoms with van der Waals surface area (Å²) in [7, 11) is 1.64. The average Bonchev–Trinajstić information content (AvgIpc) is 2.95. The van der Waals surface area contributed by atoms with E-state index in [-0.39, 0.29) is 24.2 Å². The van der Waals surface area contributed by atoms with Crippen LogP contribution in [0.2, 0.25) is 0 Å². The lowest BCUT2D eigenvalue weighted by molar-refractivity contribution is -0.119. The quantitative estimate of drug-likeness (QED) is 0.785. The van der Waals surface area contributed by atoms with Crippen molar-refractivity contribution in [3.05, 3.63) is 24.3 Å². The minimum absolute atomic E-state index is 0. The van der Waals surface area contributed by atoms with Gasteiger partial charge in [0.05, 0.1) is 12.5 Å². The van der Waals surface area contributed by atoms with E-state index in [1.165, 1.54) is 0 Å². The predicted octanol–water partition coefficient (Wildman–Crippen LogP) is 1.68. The van der Waals surface area contributed by atoms with Crippen molar-refractivity contribution in [1.29, 1.82) is 0 Å². The van der Waals surface area contributed by atoms with Crippen LogP contribution in [0.25, 0.3) is 0 Å². The minimum atomic E-state index is 0. The molecule has 1 aromatic carbocycles. The van der Waals surface area contributed by atoms with E-state index < -0.39 is 0 Å². The summed E-state index contributed by atoms with van der Waals surface area (Å²) in [5.41, 5.74) is 0.802. The maximum atomic E-state index is 11.9. The molecule has 0 aliphatic carbocycles. The highest BCUT2D eigenvalue weighted by Gasteiger charge is 2.22. The lowest BCUT2D eigenvalue weighted by atomic mass is 10.1. The molecule has 0 spiro atoms. The molecule has 2 N–H and O–H groups in total. The molecule has 112 valence electrons. The Bertz CT molecular complexity index is 405. The van der Waals surface area contributed by atoms with E-state index in [0.717, 1.165) is 30.9 Å². The van der Waals surface area contributed by atoms with E-state index in [2.05, 4.69) is 10.6 Å². The van der Waals surface area contributed by atoms with E-state index >= 15 is 0 Å². The summed E-state index contributed by atoms with van der Waals surface area (Å²) in [6.45, 7) is 2.78. The number of carbonyl (C=O) groups is 1. The molecule has 1 aromatic rings. The van der Waals surface area contributed by atoms with Crippen LogP contribution in [0.4, 0.5) is 5.69 Å². The first kappa shape index (κ1) is 16.8. The first-order valence-corrected chi connectivity index (χ1v) is 6.53. The van der Waals surface area contributed by atoms with Gasteiger partial charge in [0.2, 0.25) is 5.91 Å². The minimum Gasteiger partial charge on any atom is -0.491 e. The molecule has 2 rings (SSSR count). The van der Waals surface area contributed by atoms with Crippen LogP contribution >= 0.6 is 12.4 Å². The van der Waals surface area contributed by atoms with E-state index in [0.29, 0.717) is 13.2 Å². The molecule has 0 saturated carbocycles. The lowest BCUT2D eigenvalue weighted by Crippen LogP contribution is -2.24. The van der Waals surface area contributed by atoms with Gasteiger partial charge in [-0.15, -0.1) is 12.4 Å². The number of anilines is 1. The van der Waals surface area contributed by atoms with Gasteiger partial charge in [0.25, 0.3) is 0 Å². The zero-order chi connectivity index (χ0) is 13.5. The van der Waals surface area contributed by atoms with Crippen LogP contribution in [-0.4, -0.2) is 39.3 Å². The van der Waals surface area contributed by atoms with Gasteiger partial charge >= 0.3 is 0 Å². The van der Waals surface area contributed by atoms with Gasteiger partial charge in [0.15, 0.2) is 0 Å². The third-order valence-corrected chi connectivity index (χ3v) is 3.11. The van der Waals surface area contributed by atoms with E-state index in [9.17, 15) is 4.79 Å². The molecule has 1 atom stereocenters. The number of benzene rings is 1. The van der Waals surface area contributed by atoms with Gasteiger partial charge in [-0.25, -0.2) is 0 Å². The highest BCUT2D eigenvalue weighted by Crippen LogP contribution is 2.17. The Morgan fingerprint density at radius 1 is 1.35 bits per heavy atom. The number of rotatable bonds is 6. The summed E-state index contributed by atoms with van der Waals surface area (Å²) in [5, 5.41) is 6.10. The van der Waals surface area contributed by atoms with Crippen molar-refractivity contribution in [3.8, 4) is 5.75 Å². The number of methoxy groups -OCH3 is 1. The van der Waals surface area contributed by atoms with Crippen molar-refractivity contribution in [2.75, 3.05) is 38.7 Å². The molecule has 0 radical (unpaired) electrons. The molecule has 1 aliphatic rings. The molecule has 20 heavy (non-hydrogen) atoms. The van der Waals surface area contributed by atoms with Crippen LogP contribution in [0, 0.1) is 5.92 Å². The fourth-order valence-electron chi connectivity index (χ4n) is 2.00. The van der Waals surface area contributed by atoms with Crippen molar-refractivity contribution in [2.45, 2.75) is 6.42 Å². The second kappa shape index (κ2) is 8.79. The van der Waals surface area contributed by atoms with E-state index in [4.69, 9.17) is 9.47 Å². The van der Waals surface area contributed by atoms with Crippen LogP contribution in [0.3, 0.4) is 0 Å². The summed E-state index contributed by atoms with van der Waals surface area (Å²) in [6, 6.07) is 7.39. The average molecular weight is 301 g/mol. The van der Waals surface area contributed by atoms with E-state index in [1.807, 2.05) is 24.3 Å². The molecule has 1 fully saturated rings. The van der Waals surface area contributed by atoms with Gasteiger partial charge in [0.1, 0.15) is 12.4 Å². The summed E-state index contributed by atoms with van der Waals surface area (Å²) in [4.78, 5) is 11.9. The SMILES string of the molecule is COCCOc1ccc(NC(=O)C2CCNC2)cc1.Cl.